The van der Waals surface area contributed by atoms with Gasteiger partial charge in [0.25, 0.3) is 0 Å². The van der Waals surface area contributed by atoms with Crippen LogP contribution in [0, 0.1) is 45.8 Å². The van der Waals surface area contributed by atoms with Gasteiger partial charge in [-0.1, -0.05) is 0 Å². The fourth-order valence-electron chi connectivity index (χ4n) is 9.57. The predicted molar refractivity (Wildman–Crippen MR) is 107 cm³/mol. The lowest BCUT2D eigenvalue weighted by Gasteiger charge is -3.12. The summed E-state index contributed by atoms with van der Waals surface area (Å²) in [5, 5.41) is 10.3. The van der Waals surface area contributed by atoms with Crippen LogP contribution in [0.15, 0.2) is 0 Å². The monoisotopic (exact) mass is 402 g/mol. The van der Waals surface area contributed by atoms with Gasteiger partial charge >= 0.3 is 5.97 Å². The first kappa shape index (κ1) is 19.4. The van der Waals surface area contributed by atoms with Crippen LogP contribution in [0.25, 0.3) is 0 Å². The molecule has 0 saturated heterocycles. The fraction of sp³-hybridized carbons (Fsp3) is 0.870. The zero-order valence-corrected chi connectivity index (χ0v) is 18.8. The molecule has 6 rings (SSSR count). The number of hydrogen-bond acceptors (Lipinski definition) is 3. The van der Waals surface area contributed by atoms with Crippen molar-refractivity contribution < 1.29 is 19.5 Å². The lowest BCUT2D eigenvalue weighted by atomic mass is 8.87. The third-order valence-corrected chi connectivity index (χ3v) is 9.56. The number of carbonyl (C=O) groups is 3. The second-order valence-electron chi connectivity index (χ2n) is 11.3. The molecule has 4 unspecified atom stereocenters. The van der Waals surface area contributed by atoms with E-state index in [0.29, 0.717) is 0 Å². The third-order valence-electron chi connectivity index (χ3n) is 9.56. The summed E-state index contributed by atoms with van der Waals surface area (Å²) in [5.41, 5.74) is -2.19. The van der Waals surface area contributed by atoms with Gasteiger partial charge in [0.05, 0.1) is 16.2 Å². The number of nitrogens with zero attached hydrogens (tertiary/aromatic N) is 2. The molecule has 6 saturated carbocycles. The summed E-state index contributed by atoms with van der Waals surface area (Å²) in [4.78, 5) is 43.7. The van der Waals surface area contributed by atoms with Gasteiger partial charge in [0.15, 0.2) is 0 Å². The topological polar surface area (TPSA) is 77.9 Å². The molecule has 2 amide bonds. The first-order valence-corrected chi connectivity index (χ1v) is 11.3. The van der Waals surface area contributed by atoms with Crippen LogP contribution in [-0.2, 0) is 14.4 Å². The molecule has 0 aliphatic heterocycles. The van der Waals surface area contributed by atoms with Gasteiger partial charge in [0.2, 0.25) is 11.8 Å². The van der Waals surface area contributed by atoms with Crippen LogP contribution in [0.2, 0.25) is 0 Å². The molecule has 4 atom stereocenters. The van der Waals surface area contributed by atoms with Crippen molar-refractivity contribution in [3.8, 4) is 0 Å². The molecule has 0 aromatic rings. The number of hydrogen-bond donors (Lipinski definition) is 1. The Morgan fingerprint density at radius 1 is 0.655 bits per heavy atom. The summed E-state index contributed by atoms with van der Waals surface area (Å²) >= 11 is 0. The van der Waals surface area contributed by atoms with E-state index in [-0.39, 0.29) is 65.6 Å². The zero-order chi connectivity index (χ0) is 21.6. The van der Waals surface area contributed by atoms with E-state index in [9.17, 15) is 19.5 Å². The molecule has 6 aliphatic carbocycles. The minimum absolute atomic E-state index is 0.0361. The number of carboxylic acid groups (broad SMARTS) is 1. The number of carboxylic acids is 1. The molecule has 0 spiro atoms. The highest BCUT2D eigenvalue weighted by atomic mass is 16.4. The van der Waals surface area contributed by atoms with E-state index in [2.05, 4.69) is 0 Å². The highest BCUT2D eigenvalue weighted by Gasteiger charge is 3.20. The molecule has 6 aliphatic rings. The molecule has 0 aromatic heterocycles. The van der Waals surface area contributed by atoms with Crippen molar-refractivity contribution in [1.29, 1.82) is 0 Å². The van der Waals surface area contributed by atoms with Crippen LogP contribution >= 0.6 is 0 Å². The molecule has 6 heteroatoms. The van der Waals surface area contributed by atoms with E-state index in [1.54, 1.807) is 0 Å². The molecule has 6 fully saturated rings. The Bertz CT molecular complexity index is 808. The first-order valence-electron chi connectivity index (χ1n) is 11.3. The molecule has 160 valence electrons. The Morgan fingerprint density at radius 2 is 1.03 bits per heavy atom. The normalized spacial score (nSPS) is 46.4. The van der Waals surface area contributed by atoms with E-state index in [4.69, 9.17) is 0 Å². The maximum atomic E-state index is 13.7. The van der Waals surface area contributed by atoms with Crippen LogP contribution in [0.4, 0.5) is 0 Å². The van der Waals surface area contributed by atoms with Crippen molar-refractivity contribution in [3.05, 3.63) is 0 Å². The zero-order valence-electron chi connectivity index (χ0n) is 18.8. The van der Waals surface area contributed by atoms with Crippen LogP contribution < -0.4 is 0 Å². The Morgan fingerprint density at radius 3 is 1.38 bits per heavy atom. The molecule has 29 heavy (non-hydrogen) atoms. The van der Waals surface area contributed by atoms with Crippen molar-refractivity contribution >= 4 is 17.8 Å². The quantitative estimate of drug-likeness (QED) is 0.710. The second-order valence-corrected chi connectivity index (χ2v) is 11.3. The predicted octanol–water partition coefficient (Wildman–Crippen LogP) is 2.47. The van der Waals surface area contributed by atoms with Crippen LogP contribution in [0.3, 0.4) is 0 Å². The molecule has 6 nitrogen and oxygen atoms in total. The van der Waals surface area contributed by atoms with Gasteiger partial charge in [-0.2, -0.15) is 0 Å². The number of rotatable bonds is 7. The maximum absolute atomic E-state index is 13.7. The van der Waals surface area contributed by atoms with Crippen molar-refractivity contribution in [3.63, 3.8) is 0 Å². The third kappa shape index (κ3) is 1.36. The standard InChI is InChI=1S/C23H34N2O4/c1-9(2)24(10(3)4)18(26)21-13-14-16(21)23(20(28)29)17(21)15(13)22(14,23)19(27)25(11(5)6)12(7)8/h9-17H,1-8H3,(H,28,29). The molecule has 0 aromatic carbocycles. The Balaban J connectivity index is 1.51. The summed E-state index contributed by atoms with van der Waals surface area (Å²) in [6.45, 7) is 16.1. The summed E-state index contributed by atoms with van der Waals surface area (Å²) in [6.07, 6.45) is 0. The Kier molecular flexibility index (Phi) is 3.34. The second kappa shape index (κ2) is 5.00. The van der Waals surface area contributed by atoms with Crippen molar-refractivity contribution in [2.45, 2.75) is 79.6 Å². The molecule has 0 bridgehead atoms. The van der Waals surface area contributed by atoms with E-state index in [1.165, 1.54) is 0 Å². The average molecular weight is 403 g/mol. The molecule has 0 radical (unpaired) electrons. The van der Waals surface area contributed by atoms with Gasteiger partial charge in [-0.25, -0.2) is 0 Å². The van der Waals surface area contributed by atoms with Gasteiger partial charge in [-0.15, -0.1) is 0 Å². The van der Waals surface area contributed by atoms with E-state index >= 15 is 0 Å². The van der Waals surface area contributed by atoms with E-state index in [0.717, 1.165) is 0 Å². The van der Waals surface area contributed by atoms with Crippen LogP contribution in [0.1, 0.15) is 55.4 Å². The van der Waals surface area contributed by atoms with Crippen LogP contribution in [-0.4, -0.2) is 56.9 Å². The SMILES string of the molecule is CC(C)N(C(=O)C12C3C4C1C1(C(=O)O)C2C3C41C(=O)N(C(C)C)C(C)C)C(C)C. The van der Waals surface area contributed by atoms with Gasteiger partial charge in [0.1, 0.15) is 0 Å². The Labute approximate surface area is 173 Å². The summed E-state index contributed by atoms with van der Waals surface area (Å²) in [6, 6.07) is 0.276. The van der Waals surface area contributed by atoms with Gasteiger partial charge in [0, 0.05) is 24.2 Å². The van der Waals surface area contributed by atoms with Crippen LogP contribution in [0.5, 0.6) is 0 Å². The summed E-state index contributed by atoms with van der Waals surface area (Å²) in [7, 11) is 0. The van der Waals surface area contributed by atoms with E-state index in [1.807, 2.05) is 65.2 Å². The van der Waals surface area contributed by atoms with E-state index < -0.39 is 22.2 Å². The summed E-state index contributed by atoms with van der Waals surface area (Å²) < 4.78 is 0. The Hall–Kier alpha value is -1.59. The maximum Gasteiger partial charge on any atom is 0.311 e. The minimum Gasteiger partial charge on any atom is -0.481 e. The molecule has 1 N–H and O–H groups in total. The smallest absolute Gasteiger partial charge is 0.311 e. The van der Waals surface area contributed by atoms with Crippen molar-refractivity contribution in [2.75, 3.05) is 0 Å². The molecule has 0 heterocycles. The highest BCUT2D eigenvalue weighted by Crippen LogP contribution is 3.14. The number of aliphatic carboxylic acids is 1. The lowest BCUT2D eigenvalue weighted by molar-refractivity contribution is -0.656. The number of carbonyl (C=O) groups excluding carboxylic acids is 2. The molecular formula is C23H34N2O4. The van der Waals surface area contributed by atoms with Gasteiger partial charge in [-0.05, 0) is 85.0 Å². The summed E-state index contributed by atoms with van der Waals surface area (Å²) in [5.74, 6) is -0.488. The fourth-order valence-corrected chi connectivity index (χ4v) is 9.57. The first-order chi connectivity index (χ1) is 13.4. The van der Waals surface area contributed by atoms with Crippen molar-refractivity contribution in [2.24, 2.45) is 45.8 Å². The van der Waals surface area contributed by atoms with Gasteiger partial charge in [-0.3, -0.25) is 14.4 Å². The minimum atomic E-state index is -0.981. The average Bonchev–Trinajstić information content (AvgIpc) is 2.58. The van der Waals surface area contributed by atoms with Crippen molar-refractivity contribution in [1.82, 2.24) is 9.80 Å². The largest absolute Gasteiger partial charge is 0.481 e. The number of amides is 2. The van der Waals surface area contributed by atoms with Gasteiger partial charge < -0.3 is 14.9 Å². The molecular weight excluding hydrogens is 368 g/mol. The lowest BCUT2D eigenvalue weighted by Crippen LogP contribution is -3.18. The highest BCUT2D eigenvalue weighted by molar-refractivity contribution is 6.09.